The molecule has 34 heavy (non-hydrogen) atoms. The van der Waals surface area contributed by atoms with Crippen LogP contribution in [0.25, 0.3) is 6.08 Å². The number of aliphatic hydroxyl groups excluding tert-OH is 1. The Labute approximate surface area is 198 Å². The maximum absolute atomic E-state index is 13.3. The second-order valence-electron chi connectivity index (χ2n) is 7.85. The maximum Gasteiger partial charge on any atom is 0.290 e. The number of carbonyl (C=O) groups excluding carboxylic acids is 2. The smallest absolute Gasteiger partial charge is 0.290 e. The number of phenolic OH excluding ortho intramolecular Hbond substituents is 1. The zero-order valence-corrected chi connectivity index (χ0v) is 18.7. The number of amides is 1. The van der Waals surface area contributed by atoms with Crippen molar-refractivity contribution >= 4 is 17.8 Å². The number of rotatable bonds is 8. The van der Waals surface area contributed by atoms with Crippen molar-refractivity contribution in [1.29, 1.82) is 0 Å². The monoisotopic (exact) mass is 455 g/mol. The Morgan fingerprint density at radius 2 is 1.68 bits per heavy atom. The van der Waals surface area contributed by atoms with E-state index in [1.165, 1.54) is 17.0 Å². The highest BCUT2D eigenvalue weighted by Gasteiger charge is 2.43. The van der Waals surface area contributed by atoms with Crippen LogP contribution in [0.3, 0.4) is 0 Å². The van der Waals surface area contributed by atoms with Gasteiger partial charge >= 0.3 is 0 Å². The van der Waals surface area contributed by atoms with Gasteiger partial charge in [-0.25, -0.2) is 0 Å². The summed E-state index contributed by atoms with van der Waals surface area (Å²) >= 11 is 0. The van der Waals surface area contributed by atoms with Gasteiger partial charge in [0.1, 0.15) is 0 Å². The summed E-state index contributed by atoms with van der Waals surface area (Å²) in [6.45, 7) is 2.32. The number of benzene rings is 3. The van der Waals surface area contributed by atoms with E-state index in [4.69, 9.17) is 4.74 Å². The maximum atomic E-state index is 13.3. The lowest BCUT2D eigenvalue weighted by atomic mass is 9.95. The van der Waals surface area contributed by atoms with Gasteiger partial charge in [-0.2, -0.15) is 0 Å². The molecule has 6 heteroatoms. The molecule has 3 aromatic carbocycles. The highest BCUT2D eigenvalue weighted by atomic mass is 16.5. The van der Waals surface area contributed by atoms with Crippen molar-refractivity contribution in [3.05, 3.63) is 113 Å². The molecule has 0 bridgehead atoms. The summed E-state index contributed by atoms with van der Waals surface area (Å²) in [5.41, 5.74) is 2.21. The molecule has 1 heterocycles. The number of ether oxygens (including phenoxy) is 1. The van der Waals surface area contributed by atoms with Crippen LogP contribution >= 0.6 is 0 Å². The van der Waals surface area contributed by atoms with Gasteiger partial charge in [-0.15, -0.1) is 0 Å². The number of aliphatic hydroxyl groups is 1. The zero-order valence-electron chi connectivity index (χ0n) is 18.7. The minimum absolute atomic E-state index is 0.0127. The summed E-state index contributed by atoms with van der Waals surface area (Å²) < 4.78 is 5.51. The van der Waals surface area contributed by atoms with Crippen LogP contribution in [0, 0.1) is 0 Å². The van der Waals surface area contributed by atoms with E-state index < -0.39 is 23.5 Å². The Morgan fingerprint density at radius 3 is 2.35 bits per heavy atom. The Hall–Kier alpha value is -4.32. The summed E-state index contributed by atoms with van der Waals surface area (Å²) in [6, 6.07) is 22.5. The standard InChI is InChI=1S/C28H25NO5/c1-2-34-24-17-21(14-16-22(24)30)26-25(23(31)15-13-19-9-5-3-6-10-19)27(32)28(33)29(26)18-20-11-7-4-8-12-20/h3-17,26,30,32H,2,18H2,1H3. The Kier molecular flexibility index (Phi) is 6.78. The molecule has 0 aromatic heterocycles. The van der Waals surface area contributed by atoms with Gasteiger partial charge in [0.2, 0.25) is 0 Å². The van der Waals surface area contributed by atoms with Crippen LogP contribution in [0.1, 0.15) is 29.7 Å². The molecular weight excluding hydrogens is 430 g/mol. The highest BCUT2D eigenvalue weighted by Crippen LogP contribution is 2.41. The average molecular weight is 456 g/mol. The Morgan fingerprint density at radius 1 is 1.00 bits per heavy atom. The van der Waals surface area contributed by atoms with Gasteiger partial charge in [-0.3, -0.25) is 9.59 Å². The number of carbonyl (C=O) groups is 2. The number of allylic oxidation sites excluding steroid dienone is 1. The number of phenols is 1. The van der Waals surface area contributed by atoms with Crippen molar-refractivity contribution in [3.63, 3.8) is 0 Å². The molecule has 1 aliphatic rings. The van der Waals surface area contributed by atoms with Gasteiger partial charge < -0.3 is 19.8 Å². The molecule has 0 aliphatic carbocycles. The van der Waals surface area contributed by atoms with Crippen LogP contribution in [-0.4, -0.2) is 33.4 Å². The fourth-order valence-electron chi connectivity index (χ4n) is 3.99. The lowest BCUT2D eigenvalue weighted by Crippen LogP contribution is -2.30. The number of aromatic hydroxyl groups is 1. The van der Waals surface area contributed by atoms with Gasteiger partial charge in [0, 0.05) is 6.54 Å². The van der Waals surface area contributed by atoms with E-state index in [-0.39, 0.29) is 23.6 Å². The van der Waals surface area contributed by atoms with E-state index in [1.54, 1.807) is 25.1 Å². The third-order valence-electron chi connectivity index (χ3n) is 5.59. The predicted octanol–water partition coefficient (Wildman–Crippen LogP) is 4.97. The van der Waals surface area contributed by atoms with Gasteiger partial charge in [0.15, 0.2) is 23.0 Å². The molecule has 0 saturated carbocycles. The molecule has 1 amide bonds. The quantitative estimate of drug-likeness (QED) is 0.469. The molecule has 3 aromatic rings. The molecule has 1 unspecified atom stereocenters. The van der Waals surface area contributed by atoms with Crippen molar-refractivity contribution in [2.24, 2.45) is 0 Å². The topological polar surface area (TPSA) is 87.1 Å². The molecule has 1 aliphatic heterocycles. The molecule has 172 valence electrons. The van der Waals surface area contributed by atoms with Crippen LogP contribution in [0.15, 0.2) is 96.3 Å². The summed E-state index contributed by atoms with van der Waals surface area (Å²) in [7, 11) is 0. The average Bonchev–Trinajstić information content (AvgIpc) is 3.10. The first-order chi connectivity index (χ1) is 16.5. The molecule has 0 saturated heterocycles. The van der Waals surface area contributed by atoms with E-state index in [9.17, 15) is 19.8 Å². The second-order valence-corrected chi connectivity index (χ2v) is 7.85. The molecule has 6 nitrogen and oxygen atoms in total. The molecule has 0 fully saturated rings. The van der Waals surface area contributed by atoms with Crippen LogP contribution in [0.5, 0.6) is 11.5 Å². The van der Waals surface area contributed by atoms with Crippen molar-refractivity contribution in [2.75, 3.05) is 6.61 Å². The number of hydrogen-bond acceptors (Lipinski definition) is 5. The van der Waals surface area contributed by atoms with E-state index in [2.05, 4.69) is 0 Å². The zero-order chi connectivity index (χ0) is 24.1. The van der Waals surface area contributed by atoms with Crippen LogP contribution in [-0.2, 0) is 16.1 Å². The minimum atomic E-state index is -0.847. The first-order valence-corrected chi connectivity index (χ1v) is 11.0. The second kappa shape index (κ2) is 10.1. The summed E-state index contributed by atoms with van der Waals surface area (Å²) in [6.07, 6.45) is 3.00. The lowest BCUT2D eigenvalue weighted by molar-refractivity contribution is -0.130. The van der Waals surface area contributed by atoms with Crippen molar-refractivity contribution in [2.45, 2.75) is 19.5 Å². The van der Waals surface area contributed by atoms with Crippen molar-refractivity contribution in [3.8, 4) is 11.5 Å². The van der Waals surface area contributed by atoms with Crippen molar-refractivity contribution < 1.29 is 24.5 Å². The third kappa shape index (κ3) is 4.71. The fourth-order valence-corrected chi connectivity index (χ4v) is 3.99. The molecule has 0 spiro atoms. The predicted molar refractivity (Wildman–Crippen MR) is 129 cm³/mol. The first kappa shape index (κ1) is 22.9. The molecule has 4 rings (SSSR count). The van der Waals surface area contributed by atoms with Gasteiger partial charge in [-0.1, -0.05) is 72.8 Å². The number of hydrogen-bond donors (Lipinski definition) is 2. The van der Waals surface area contributed by atoms with Gasteiger partial charge in [0.25, 0.3) is 5.91 Å². The van der Waals surface area contributed by atoms with Gasteiger partial charge in [-0.05, 0) is 41.8 Å². The third-order valence-corrected chi connectivity index (χ3v) is 5.59. The minimum Gasteiger partial charge on any atom is -0.504 e. The fraction of sp³-hybridized carbons (Fsp3) is 0.143. The van der Waals surface area contributed by atoms with Crippen LogP contribution in [0.2, 0.25) is 0 Å². The number of nitrogens with zero attached hydrogens (tertiary/aromatic N) is 1. The van der Waals surface area contributed by atoms with Crippen molar-refractivity contribution in [1.82, 2.24) is 4.90 Å². The molecular formula is C28H25NO5. The van der Waals surface area contributed by atoms with E-state index >= 15 is 0 Å². The Bertz CT molecular complexity index is 1250. The first-order valence-electron chi connectivity index (χ1n) is 11.0. The molecule has 1 atom stereocenters. The number of ketones is 1. The Balaban J connectivity index is 1.76. The van der Waals surface area contributed by atoms with Gasteiger partial charge in [0.05, 0.1) is 18.2 Å². The lowest BCUT2D eigenvalue weighted by Gasteiger charge is -2.27. The molecule has 0 radical (unpaired) electrons. The molecule has 2 N–H and O–H groups in total. The summed E-state index contributed by atoms with van der Waals surface area (Å²) in [5, 5.41) is 20.9. The highest BCUT2D eigenvalue weighted by molar-refractivity contribution is 6.14. The van der Waals surface area contributed by atoms with E-state index in [1.807, 2.05) is 60.7 Å². The largest absolute Gasteiger partial charge is 0.504 e. The normalized spacial score (nSPS) is 15.9. The SMILES string of the molecule is CCOc1cc(C2C(C(=O)C=Cc3ccccc3)=C(O)C(=O)N2Cc2ccccc2)ccc1O. The van der Waals surface area contributed by atoms with Crippen LogP contribution in [0.4, 0.5) is 0 Å². The van der Waals surface area contributed by atoms with Crippen LogP contribution < -0.4 is 4.74 Å². The summed E-state index contributed by atoms with van der Waals surface area (Å²) in [4.78, 5) is 27.8. The summed E-state index contributed by atoms with van der Waals surface area (Å²) in [5.74, 6) is -1.48. The van der Waals surface area contributed by atoms with E-state index in [0.717, 1.165) is 11.1 Å². The van der Waals surface area contributed by atoms with E-state index in [0.29, 0.717) is 12.2 Å².